The number of benzene rings is 1. The Morgan fingerprint density at radius 1 is 1.27 bits per heavy atom. The van der Waals surface area contributed by atoms with Crippen LogP contribution in [0.25, 0.3) is 6.08 Å². The fourth-order valence-electron chi connectivity index (χ4n) is 2.40. The van der Waals surface area contributed by atoms with E-state index in [0.29, 0.717) is 6.54 Å². The van der Waals surface area contributed by atoms with E-state index >= 15 is 0 Å². The molecule has 6 heteroatoms. The lowest BCUT2D eigenvalue weighted by molar-refractivity contribution is -0.134. The van der Waals surface area contributed by atoms with Crippen molar-refractivity contribution in [3.8, 4) is 5.75 Å². The lowest BCUT2D eigenvalue weighted by Crippen LogP contribution is -2.44. The monoisotopic (exact) mass is 372 g/mol. The molecule has 0 saturated heterocycles. The van der Waals surface area contributed by atoms with Crippen molar-refractivity contribution in [2.24, 2.45) is 0 Å². The number of hydrogen-bond acceptors (Lipinski definition) is 4. The number of nitrogens with one attached hydrogen (secondary N) is 1. The van der Waals surface area contributed by atoms with Crippen LogP contribution in [0.4, 0.5) is 0 Å². The first-order valence-electron chi connectivity index (χ1n) is 8.31. The average Bonchev–Trinajstić information content (AvgIpc) is 3.04. The highest BCUT2D eigenvalue weighted by molar-refractivity contribution is 7.10. The Morgan fingerprint density at radius 2 is 1.96 bits per heavy atom. The lowest BCUT2D eigenvalue weighted by Gasteiger charge is -2.21. The van der Waals surface area contributed by atoms with Crippen LogP contribution in [-0.4, -0.2) is 36.9 Å². The first kappa shape index (κ1) is 19.7. The van der Waals surface area contributed by atoms with Gasteiger partial charge in [-0.05, 0) is 54.6 Å². The Bertz CT molecular complexity index is 781. The van der Waals surface area contributed by atoms with Gasteiger partial charge in [-0.25, -0.2) is 0 Å². The molecule has 1 N–H and O–H groups in total. The summed E-state index contributed by atoms with van der Waals surface area (Å²) in [6, 6.07) is 8.81. The van der Waals surface area contributed by atoms with Gasteiger partial charge in [0.25, 0.3) is 0 Å². The minimum atomic E-state index is -0.590. The van der Waals surface area contributed by atoms with E-state index in [9.17, 15) is 9.59 Å². The Labute approximate surface area is 158 Å². The van der Waals surface area contributed by atoms with Crippen molar-refractivity contribution in [1.29, 1.82) is 0 Å². The van der Waals surface area contributed by atoms with Gasteiger partial charge in [0.05, 0.1) is 13.7 Å². The first-order chi connectivity index (χ1) is 12.4. The molecule has 0 bridgehead atoms. The highest BCUT2D eigenvalue weighted by Crippen LogP contribution is 2.17. The Balaban J connectivity index is 1.87. The number of thiophene rings is 1. The molecule has 0 aliphatic heterocycles. The number of nitrogens with zero attached hydrogens (tertiary/aromatic N) is 1. The summed E-state index contributed by atoms with van der Waals surface area (Å²) in [7, 11) is 3.35. The third-order valence-electron chi connectivity index (χ3n) is 4.00. The summed E-state index contributed by atoms with van der Waals surface area (Å²) >= 11 is 1.63. The molecule has 1 heterocycles. The Morgan fingerprint density at radius 3 is 2.54 bits per heavy atom. The molecule has 0 saturated carbocycles. The second-order valence-corrected chi connectivity index (χ2v) is 7.06. The molecule has 2 amide bonds. The summed E-state index contributed by atoms with van der Waals surface area (Å²) < 4.78 is 5.10. The third-order valence-corrected chi connectivity index (χ3v) is 5.01. The van der Waals surface area contributed by atoms with E-state index in [1.54, 1.807) is 43.4 Å². The van der Waals surface area contributed by atoms with Crippen molar-refractivity contribution in [1.82, 2.24) is 10.2 Å². The van der Waals surface area contributed by atoms with Crippen LogP contribution in [0.2, 0.25) is 0 Å². The zero-order valence-corrected chi connectivity index (χ0v) is 16.3. The molecule has 0 spiro atoms. The van der Waals surface area contributed by atoms with Crippen LogP contribution in [0.1, 0.15) is 22.9 Å². The SMILES string of the molecule is COc1ccc(/C=C\C(=O)N[C@@H](C)C(=O)N(C)Cc2sccc2C)cc1. The standard InChI is InChI=1S/C20H24N2O3S/c1-14-11-12-26-18(14)13-22(3)20(24)15(2)21-19(23)10-7-16-5-8-17(25-4)9-6-16/h5-12,15H,13H2,1-4H3,(H,21,23)/b10-7-/t15-/m0/s1. The van der Waals surface area contributed by atoms with Crippen molar-refractivity contribution in [2.45, 2.75) is 26.4 Å². The maximum absolute atomic E-state index is 12.4. The van der Waals surface area contributed by atoms with E-state index in [0.717, 1.165) is 16.2 Å². The number of methoxy groups -OCH3 is 1. The van der Waals surface area contributed by atoms with E-state index in [2.05, 4.69) is 5.32 Å². The number of hydrogen-bond donors (Lipinski definition) is 1. The van der Waals surface area contributed by atoms with E-state index in [4.69, 9.17) is 4.74 Å². The highest BCUT2D eigenvalue weighted by atomic mass is 32.1. The maximum atomic E-state index is 12.4. The summed E-state index contributed by atoms with van der Waals surface area (Å²) in [5.74, 6) is 0.334. The van der Waals surface area contributed by atoms with Crippen LogP contribution in [0.15, 0.2) is 41.8 Å². The molecule has 0 fully saturated rings. The zero-order valence-electron chi connectivity index (χ0n) is 15.5. The van der Waals surface area contributed by atoms with Crippen LogP contribution in [-0.2, 0) is 16.1 Å². The molecule has 1 aromatic heterocycles. The van der Waals surface area contributed by atoms with Crippen molar-refractivity contribution >= 4 is 29.2 Å². The molecule has 0 aliphatic carbocycles. The highest BCUT2D eigenvalue weighted by Gasteiger charge is 2.19. The number of carbonyl (C=O) groups excluding carboxylic acids is 2. The van der Waals surface area contributed by atoms with Crippen LogP contribution in [0, 0.1) is 6.92 Å². The molecular formula is C20H24N2O3S. The Kier molecular flexibility index (Phi) is 6.97. The van der Waals surface area contributed by atoms with Gasteiger partial charge in [-0.15, -0.1) is 11.3 Å². The molecule has 26 heavy (non-hydrogen) atoms. The summed E-state index contributed by atoms with van der Waals surface area (Å²) in [5.41, 5.74) is 2.05. The molecule has 1 aromatic carbocycles. The minimum Gasteiger partial charge on any atom is -0.497 e. The van der Waals surface area contributed by atoms with Crippen molar-refractivity contribution in [3.63, 3.8) is 0 Å². The predicted molar refractivity (Wildman–Crippen MR) is 105 cm³/mol. The smallest absolute Gasteiger partial charge is 0.244 e. The summed E-state index contributed by atoms with van der Waals surface area (Å²) in [6.45, 7) is 4.27. The molecule has 0 radical (unpaired) electrons. The molecule has 1 atom stereocenters. The molecule has 138 valence electrons. The topological polar surface area (TPSA) is 58.6 Å². The number of rotatable bonds is 7. The van der Waals surface area contributed by atoms with Gasteiger partial charge in [0.15, 0.2) is 0 Å². The minimum absolute atomic E-state index is 0.121. The maximum Gasteiger partial charge on any atom is 0.244 e. The third kappa shape index (κ3) is 5.46. The number of carbonyl (C=O) groups is 2. The van der Waals surface area contributed by atoms with E-state index < -0.39 is 6.04 Å². The number of amides is 2. The largest absolute Gasteiger partial charge is 0.497 e. The van der Waals surface area contributed by atoms with Crippen LogP contribution >= 0.6 is 11.3 Å². The average molecular weight is 372 g/mol. The molecule has 2 aromatic rings. The molecule has 0 aliphatic rings. The fraction of sp³-hybridized carbons (Fsp3) is 0.300. The van der Waals surface area contributed by atoms with Gasteiger partial charge >= 0.3 is 0 Å². The lowest BCUT2D eigenvalue weighted by atomic mass is 10.2. The van der Waals surface area contributed by atoms with Gasteiger partial charge in [0.2, 0.25) is 11.8 Å². The zero-order chi connectivity index (χ0) is 19.1. The van der Waals surface area contributed by atoms with Crippen molar-refractivity contribution in [2.75, 3.05) is 14.2 Å². The number of likely N-dealkylation sites (N-methyl/N-ethyl adjacent to an activating group) is 1. The van der Waals surface area contributed by atoms with Gasteiger partial charge in [-0.1, -0.05) is 12.1 Å². The molecule has 5 nitrogen and oxygen atoms in total. The quantitative estimate of drug-likeness (QED) is 0.759. The van der Waals surface area contributed by atoms with E-state index in [-0.39, 0.29) is 11.8 Å². The van der Waals surface area contributed by atoms with Gasteiger partial charge in [0, 0.05) is 18.0 Å². The van der Waals surface area contributed by atoms with Crippen molar-refractivity contribution < 1.29 is 14.3 Å². The molecular weight excluding hydrogens is 348 g/mol. The van der Waals surface area contributed by atoms with Gasteiger partial charge < -0.3 is 15.0 Å². The van der Waals surface area contributed by atoms with Crippen molar-refractivity contribution in [3.05, 3.63) is 57.8 Å². The molecule has 2 rings (SSSR count). The summed E-state index contributed by atoms with van der Waals surface area (Å²) in [5, 5.41) is 4.72. The van der Waals surface area contributed by atoms with Crippen LogP contribution in [0.3, 0.4) is 0 Å². The van der Waals surface area contributed by atoms with Gasteiger partial charge in [-0.3, -0.25) is 9.59 Å². The van der Waals surface area contributed by atoms with Gasteiger partial charge in [0.1, 0.15) is 11.8 Å². The number of ether oxygens (including phenoxy) is 1. The Hall–Kier alpha value is -2.60. The van der Waals surface area contributed by atoms with Crippen LogP contribution < -0.4 is 10.1 Å². The van der Waals surface area contributed by atoms with E-state index in [1.165, 1.54) is 11.6 Å². The summed E-state index contributed by atoms with van der Waals surface area (Å²) in [4.78, 5) is 27.3. The van der Waals surface area contributed by atoms with E-state index in [1.807, 2.05) is 42.6 Å². The van der Waals surface area contributed by atoms with Crippen LogP contribution in [0.5, 0.6) is 5.75 Å². The normalized spacial score (nSPS) is 12.0. The fourth-order valence-corrected chi connectivity index (χ4v) is 3.36. The first-order valence-corrected chi connectivity index (χ1v) is 9.19. The second kappa shape index (κ2) is 9.20. The van der Waals surface area contributed by atoms with Gasteiger partial charge in [-0.2, -0.15) is 0 Å². The molecule has 0 unspecified atom stereocenters. The number of aryl methyl sites for hydroxylation is 1. The second-order valence-electron chi connectivity index (χ2n) is 6.06. The summed E-state index contributed by atoms with van der Waals surface area (Å²) in [6.07, 6.45) is 3.12. The predicted octanol–water partition coefficient (Wildman–Crippen LogP) is 3.24.